The van der Waals surface area contributed by atoms with Gasteiger partial charge in [-0.2, -0.15) is 5.26 Å². The maximum atomic E-state index is 13.0. The van der Waals surface area contributed by atoms with Crippen molar-refractivity contribution in [3.05, 3.63) is 181 Å². The van der Waals surface area contributed by atoms with Crippen LogP contribution in [0.4, 0.5) is 15.3 Å². The molecule has 0 saturated carbocycles. The van der Waals surface area contributed by atoms with Crippen molar-refractivity contribution >= 4 is 71.2 Å². The zero-order valence-corrected chi connectivity index (χ0v) is 56.9. The fourth-order valence-corrected chi connectivity index (χ4v) is 14.0. The van der Waals surface area contributed by atoms with E-state index in [0.717, 1.165) is 74.6 Å². The molecule has 1 unspecified atom stereocenters. The average molecular weight is 1350 g/mol. The number of carbonyl (C=O) groups is 2. The molecule has 3 aliphatic rings. The Bertz CT molecular complexity index is 3670. The minimum absolute atomic E-state index is 0. The number of hydrogen-bond acceptors (Lipinski definition) is 13. The van der Waals surface area contributed by atoms with Gasteiger partial charge in [0.25, 0.3) is 0 Å². The molecule has 452 valence electrons. The molecule has 0 bridgehead atoms. The zero-order chi connectivity index (χ0) is 62.1. The maximum absolute atomic E-state index is 13.0. The number of fused-ring (bicyclic) bond motifs is 3. The molecule has 4 atom stereocenters. The van der Waals surface area contributed by atoms with E-state index in [2.05, 4.69) is 61.6 Å². The number of ether oxygens (including phenoxy) is 3. The summed E-state index contributed by atoms with van der Waals surface area (Å²) in [6.07, 6.45) is 8.50. The van der Waals surface area contributed by atoms with E-state index >= 15 is 0 Å². The van der Waals surface area contributed by atoms with E-state index in [9.17, 15) is 35.2 Å². The van der Waals surface area contributed by atoms with Crippen LogP contribution in [0.3, 0.4) is 0 Å². The molecule has 0 aliphatic heterocycles. The number of methoxy groups -OCH3 is 1. The molecule has 3 aliphatic carbocycles. The number of amides is 2. The summed E-state index contributed by atoms with van der Waals surface area (Å²) in [6.45, 7) is 19.7. The average Bonchev–Trinajstić information content (AvgIpc) is 1.18. The number of likely N-dealkylation sites (N-methyl/N-ethyl adjacent to an activating group) is 1. The predicted molar refractivity (Wildman–Crippen MR) is 336 cm³/mol. The van der Waals surface area contributed by atoms with E-state index in [1.165, 1.54) is 58.1 Å². The molecule has 6 aromatic carbocycles. The maximum Gasteiger partial charge on any atom is 1.00 e. The summed E-state index contributed by atoms with van der Waals surface area (Å²) < 4.78 is 89.7. The van der Waals surface area contributed by atoms with Crippen LogP contribution < -0.4 is 50.2 Å². The van der Waals surface area contributed by atoms with Crippen LogP contribution in [0.5, 0.6) is 5.75 Å². The molecule has 0 fully saturated rings. The Hall–Kier alpha value is -5.66. The topological polar surface area (TPSA) is 234 Å². The number of nitriles is 1. The Morgan fingerprint density at radius 1 is 0.651 bits per heavy atom. The van der Waals surface area contributed by atoms with Gasteiger partial charge in [-0.1, -0.05) is 42.5 Å². The van der Waals surface area contributed by atoms with E-state index in [1.54, 1.807) is 66.7 Å². The molecule has 9 rings (SSSR count). The third kappa shape index (κ3) is 20.7. The molecule has 0 spiro atoms. The van der Waals surface area contributed by atoms with Gasteiger partial charge >= 0.3 is 41.7 Å². The van der Waals surface area contributed by atoms with Crippen molar-refractivity contribution in [1.82, 2.24) is 16.0 Å². The Labute approximate surface area is 546 Å². The van der Waals surface area contributed by atoms with Crippen LogP contribution in [-0.2, 0) is 59.5 Å². The number of sulfone groups is 2. The van der Waals surface area contributed by atoms with Gasteiger partial charge in [0, 0.05) is 39.9 Å². The van der Waals surface area contributed by atoms with Crippen molar-refractivity contribution in [2.24, 2.45) is 0 Å². The van der Waals surface area contributed by atoms with Crippen LogP contribution in [0.1, 0.15) is 137 Å². The standard InChI is InChI=1S/C23H26N2O4S.C19H23NO3S.C16H22INO2.C7H5NO2S.Na/c1-23(2,3)29-22(26)25-15-18-8-5-7-17-13-20(10-11-21(17)18)30(27,28)19-9-4-6-16(12-19)14-24;1-20-13-15-6-3-5-14-11-18(9-10-19(14)15)24(21,22)17-8-4-7-16(12-17)23-2;1-16(2,3)20-15(19)18-10-12-6-4-5-11-9-13(17)7-8-14(11)12;1-8-6-3-2-4-7(5-6)11(9)10;/h4,6,9-13,18H,5,7-8,15H2,1-3H3,(H,25,26);4,7-12,15,20H,3,5-6,13H2,1-2H3;7-9,12H,4-6,10H2,1-3H3,(H,18,19);2-5H,(H,9,10);/q;;;;+1/p-1/t18-;15-;12-;;/m000../s1. The number of carbonyl (C=O) groups excluding carboxylic acids is 2. The molecule has 86 heavy (non-hydrogen) atoms. The smallest absolute Gasteiger partial charge is 0.768 e. The number of halogens is 1. The summed E-state index contributed by atoms with van der Waals surface area (Å²) in [5.41, 5.74) is 6.94. The van der Waals surface area contributed by atoms with Crippen molar-refractivity contribution in [3.63, 3.8) is 0 Å². The van der Waals surface area contributed by atoms with Crippen LogP contribution in [0.2, 0.25) is 0 Å². The first-order valence-electron chi connectivity index (χ1n) is 28.1. The number of nitrogens with one attached hydrogen (secondary N) is 3. The van der Waals surface area contributed by atoms with E-state index in [0.29, 0.717) is 46.8 Å². The quantitative estimate of drug-likeness (QED) is 0.0448. The Morgan fingerprint density at radius 2 is 1.09 bits per heavy atom. The summed E-state index contributed by atoms with van der Waals surface area (Å²) in [6, 6.07) is 37.9. The van der Waals surface area contributed by atoms with E-state index in [1.807, 2.05) is 72.9 Å². The van der Waals surface area contributed by atoms with Gasteiger partial charge in [-0.25, -0.2) is 31.3 Å². The fraction of sp³-hybridized carbons (Fsp3) is 0.385. The van der Waals surface area contributed by atoms with Crippen molar-refractivity contribution in [3.8, 4) is 11.8 Å². The molecular formula is C65H75IN5NaO11S3. The third-order valence-electron chi connectivity index (χ3n) is 14.3. The summed E-state index contributed by atoms with van der Waals surface area (Å²) in [5, 5.41) is 18.0. The summed E-state index contributed by atoms with van der Waals surface area (Å²) in [7, 11) is -3.75. The predicted octanol–water partition coefficient (Wildman–Crippen LogP) is 10.2. The van der Waals surface area contributed by atoms with Gasteiger partial charge in [0.2, 0.25) is 19.7 Å². The first kappa shape index (κ1) is 71.1. The van der Waals surface area contributed by atoms with Gasteiger partial charge in [-0.05, 0) is 264 Å². The number of aryl methyl sites for hydroxylation is 3. The minimum Gasteiger partial charge on any atom is -0.768 e. The van der Waals surface area contributed by atoms with Crippen molar-refractivity contribution in [2.45, 2.75) is 153 Å². The summed E-state index contributed by atoms with van der Waals surface area (Å²) in [4.78, 5) is 27.9. The van der Waals surface area contributed by atoms with Gasteiger partial charge < -0.3 is 34.7 Å². The summed E-state index contributed by atoms with van der Waals surface area (Å²) in [5.74, 6) is 1.53. The molecular weight excluding hydrogens is 1270 g/mol. The SMILES string of the molecule is CC(C)(C)OC(=O)NC[C@@H]1CCCc2cc(I)ccc21.CC(C)(C)OC(=O)NC[C@@H]1CCCc2cc(S(=O)(=O)c3cccc(C#N)c3)ccc21.CNC[C@@H]1CCCc2cc(S(=O)(=O)c3cccc(OC)c3)ccc21.[C-]#[N+]c1cccc(S(=O)[O-])c1.[Na+]. The van der Waals surface area contributed by atoms with Crippen LogP contribution in [-0.4, -0.2) is 82.8 Å². The molecule has 21 heteroatoms. The second-order valence-corrected chi connectivity index (χ2v) is 28.9. The second-order valence-electron chi connectivity index (χ2n) is 22.8. The first-order chi connectivity index (χ1) is 40.2. The molecule has 0 radical (unpaired) electrons. The normalized spacial score (nSPS) is 16.3. The second kappa shape index (κ2) is 32.5. The number of hydrogen-bond donors (Lipinski definition) is 3. The van der Waals surface area contributed by atoms with Crippen molar-refractivity contribution < 1.29 is 79.0 Å². The van der Waals surface area contributed by atoms with Crippen LogP contribution in [0.25, 0.3) is 4.85 Å². The molecule has 0 saturated heterocycles. The van der Waals surface area contributed by atoms with Crippen LogP contribution >= 0.6 is 22.6 Å². The monoisotopic (exact) mass is 1350 g/mol. The number of alkyl carbamates (subject to hydrolysis) is 2. The molecule has 2 amide bonds. The fourth-order valence-electron chi connectivity index (χ4n) is 10.4. The number of nitrogens with zero attached hydrogens (tertiary/aromatic N) is 2. The third-order valence-corrected chi connectivity index (χ3v) is 19.1. The van der Waals surface area contributed by atoms with Gasteiger partial charge in [0.15, 0.2) is 5.69 Å². The molecule has 0 heterocycles. The first-order valence-corrected chi connectivity index (χ1v) is 33.2. The Kier molecular flexibility index (Phi) is 26.9. The van der Waals surface area contributed by atoms with E-state index in [-0.39, 0.29) is 61.2 Å². The van der Waals surface area contributed by atoms with Gasteiger partial charge in [0.1, 0.15) is 17.0 Å². The largest absolute Gasteiger partial charge is 1.00 e. The van der Waals surface area contributed by atoms with Crippen molar-refractivity contribution in [2.75, 3.05) is 33.8 Å². The molecule has 6 aromatic rings. The Morgan fingerprint density at radius 3 is 1.55 bits per heavy atom. The molecule has 16 nitrogen and oxygen atoms in total. The molecule has 0 aromatic heterocycles. The molecule has 3 N–H and O–H groups in total. The van der Waals surface area contributed by atoms with Crippen molar-refractivity contribution in [1.29, 1.82) is 5.26 Å². The van der Waals surface area contributed by atoms with E-state index < -0.39 is 48.1 Å². The van der Waals surface area contributed by atoms with Gasteiger partial charge in [-0.15, -0.1) is 0 Å². The Balaban J connectivity index is 0.000000218. The minimum atomic E-state index is -3.71. The van der Waals surface area contributed by atoms with Crippen LogP contribution in [0.15, 0.2) is 152 Å². The number of benzene rings is 6. The van der Waals surface area contributed by atoms with E-state index in [4.69, 9.17) is 26.0 Å². The van der Waals surface area contributed by atoms with Gasteiger partial charge in [0.05, 0.1) is 44.9 Å². The zero-order valence-electron chi connectivity index (χ0n) is 50.3. The van der Waals surface area contributed by atoms with Crippen LogP contribution in [0, 0.1) is 21.5 Å². The van der Waals surface area contributed by atoms with Gasteiger partial charge in [-0.3, -0.25) is 4.21 Å². The number of rotatable bonds is 12. The summed E-state index contributed by atoms with van der Waals surface area (Å²) >= 11 is 0.116.